The van der Waals surface area contributed by atoms with Crippen molar-refractivity contribution in [1.29, 1.82) is 0 Å². The lowest BCUT2D eigenvalue weighted by Gasteiger charge is -2.24. The molecule has 1 saturated carbocycles. The fourth-order valence-electron chi connectivity index (χ4n) is 2.03. The molecule has 1 saturated heterocycles. The van der Waals surface area contributed by atoms with E-state index in [1.165, 1.54) is 31.4 Å². The largest absolute Gasteiger partial charge is 0.378 e. The first-order valence-corrected chi connectivity index (χ1v) is 6.43. The molecule has 1 N–H and O–H groups in total. The van der Waals surface area contributed by atoms with Crippen LogP contribution in [0.15, 0.2) is 0 Å². The zero-order valence-corrected chi connectivity index (χ0v) is 8.94. The smallest absolute Gasteiger partial charge is 0.0628 e. The molecule has 2 rings (SSSR count). The number of rotatable bonds is 3. The number of morpholine rings is 1. The van der Waals surface area contributed by atoms with E-state index in [0.717, 1.165) is 25.0 Å². The summed E-state index contributed by atoms with van der Waals surface area (Å²) in [6, 6.07) is 0.611. The van der Waals surface area contributed by atoms with E-state index in [1.54, 1.807) is 0 Å². The maximum absolute atomic E-state index is 5.42. The molecule has 13 heavy (non-hydrogen) atoms. The molecule has 2 nitrogen and oxygen atoms in total. The Bertz CT molecular complexity index is 142. The molecule has 1 aliphatic heterocycles. The first-order valence-electron chi connectivity index (χ1n) is 5.38. The molecule has 1 heterocycles. The molecule has 1 unspecified atom stereocenters. The van der Waals surface area contributed by atoms with Crippen molar-refractivity contribution in [1.82, 2.24) is 5.32 Å². The van der Waals surface area contributed by atoms with E-state index in [2.05, 4.69) is 17.1 Å². The van der Waals surface area contributed by atoms with Gasteiger partial charge in [0.15, 0.2) is 0 Å². The van der Waals surface area contributed by atoms with Gasteiger partial charge in [0.2, 0.25) is 0 Å². The third kappa shape index (κ3) is 3.15. The summed E-state index contributed by atoms with van der Waals surface area (Å²) in [5.74, 6) is 1.24. The predicted molar refractivity (Wildman–Crippen MR) is 57.3 cm³/mol. The van der Waals surface area contributed by atoms with Crippen LogP contribution in [0.5, 0.6) is 0 Å². The summed E-state index contributed by atoms with van der Waals surface area (Å²) in [6.45, 7) is 2.85. The van der Waals surface area contributed by atoms with Gasteiger partial charge in [0.1, 0.15) is 0 Å². The molecular formula is C10H19NOS. The highest BCUT2D eigenvalue weighted by Gasteiger charge is 2.18. The van der Waals surface area contributed by atoms with Crippen molar-refractivity contribution < 1.29 is 4.74 Å². The third-order valence-electron chi connectivity index (χ3n) is 2.83. The van der Waals surface area contributed by atoms with E-state index in [0.29, 0.717) is 6.04 Å². The molecule has 76 valence electrons. The first kappa shape index (κ1) is 9.81. The van der Waals surface area contributed by atoms with E-state index in [1.807, 2.05) is 0 Å². The van der Waals surface area contributed by atoms with Crippen LogP contribution in [0.4, 0.5) is 0 Å². The lowest BCUT2D eigenvalue weighted by atomic mass is 10.3. The van der Waals surface area contributed by atoms with Gasteiger partial charge >= 0.3 is 0 Å². The highest BCUT2D eigenvalue weighted by molar-refractivity contribution is 7.99. The highest BCUT2D eigenvalue weighted by atomic mass is 32.2. The van der Waals surface area contributed by atoms with Gasteiger partial charge in [-0.1, -0.05) is 12.8 Å². The SMILES string of the molecule is C1CCC(SCC2COCCN2)C1. The number of hydrogen-bond acceptors (Lipinski definition) is 3. The summed E-state index contributed by atoms with van der Waals surface area (Å²) in [7, 11) is 0. The van der Waals surface area contributed by atoms with Crippen molar-refractivity contribution in [2.75, 3.05) is 25.5 Å². The molecule has 2 aliphatic rings. The van der Waals surface area contributed by atoms with Crippen LogP contribution in [0.2, 0.25) is 0 Å². The molecule has 0 aromatic carbocycles. The predicted octanol–water partition coefficient (Wildman–Crippen LogP) is 1.65. The number of nitrogens with one attached hydrogen (secondary N) is 1. The normalized spacial score (nSPS) is 30.9. The maximum atomic E-state index is 5.42. The van der Waals surface area contributed by atoms with Crippen LogP contribution in [0.3, 0.4) is 0 Å². The van der Waals surface area contributed by atoms with Gasteiger partial charge in [0.05, 0.1) is 13.2 Å². The highest BCUT2D eigenvalue weighted by Crippen LogP contribution is 2.29. The fourth-order valence-corrected chi connectivity index (χ4v) is 3.42. The second-order valence-corrected chi connectivity index (χ2v) is 5.30. The standard InChI is InChI=1S/C10H19NOS/c1-2-4-10(3-1)13-8-9-7-12-6-5-11-9/h9-11H,1-8H2. The summed E-state index contributed by atoms with van der Waals surface area (Å²) < 4.78 is 5.42. The molecule has 0 bridgehead atoms. The van der Waals surface area contributed by atoms with Gasteiger partial charge in [-0.2, -0.15) is 11.8 Å². The lowest BCUT2D eigenvalue weighted by molar-refractivity contribution is 0.0837. The van der Waals surface area contributed by atoms with Crippen molar-refractivity contribution >= 4 is 11.8 Å². The average molecular weight is 201 g/mol. The molecule has 1 aliphatic carbocycles. The van der Waals surface area contributed by atoms with Crippen LogP contribution in [0, 0.1) is 0 Å². The van der Waals surface area contributed by atoms with Crippen molar-refractivity contribution in [2.45, 2.75) is 37.0 Å². The van der Waals surface area contributed by atoms with Crippen LogP contribution >= 0.6 is 11.8 Å². The zero-order chi connectivity index (χ0) is 8.93. The van der Waals surface area contributed by atoms with Crippen molar-refractivity contribution in [3.05, 3.63) is 0 Å². The minimum absolute atomic E-state index is 0.611. The summed E-state index contributed by atoms with van der Waals surface area (Å²) in [6.07, 6.45) is 5.79. The van der Waals surface area contributed by atoms with Crippen LogP contribution < -0.4 is 5.32 Å². The number of thioether (sulfide) groups is 1. The van der Waals surface area contributed by atoms with Crippen LogP contribution in [-0.4, -0.2) is 36.8 Å². The van der Waals surface area contributed by atoms with Crippen LogP contribution in [0.25, 0.3) is 0 Å². The molecule has 0 aromatic heterocycles. The second-order valence-electron chi connectivity index (χ2n) is 3.97. The quantitative estimate of drug-likeness (QED) is 0.750. The third-order valence-corrected chi connectivity index (χ3v) is 4.37. The Morgan fingerprint density at radius 3 is 2.85 bits per heavy atom. The molecule has 0 aromatic rings. The molecule has 0 amide bonds. The van der Waals surface area contributed by atoms with Crippen LogP contribution in [-0.2, 0) is 4.74 Å². The van der Waals surface area contributed by atoms with Crippen molar-refractivity contribution in [3.8, 4) is 0 Å². The Kier molecular flexibility index (Phi) is 3.94. The van der Waals surface area contributed by atoms with Crippen LogP contribution in [0.1, 0.15) is 25.7 Å². The summed E-state index contributed by atoms with van der Waals surface area (Å²) in [4.78, 5) is 0. The van der Waals surface area contributed by atoms with E-state index < -0.39 is 0 Å². The molecular weight excluding hydrogens is 182 g/mol. The Labute approximate surface area is 84.8 Å². The summed E-state index contributed by atoms with van der Waals surface area (Å²) in [5, 5.41) is 4.45. The fraction of sp³-hybridized carbons (Fsp3) is 1.00. The Hall–Kier alpha value is 0.270. The molecule has 0 spiro atoms. The van der Waals surface area contributed by atoms with Crippen molar-refractivity contribution in [2.24, 2.45) is 0 Å². The first-order chi connectivity index (χ1) is 6.45. The molecule has 3 heteroatoms. The van der Waals surface area contributed by atoms with Gasteiger partial charge in [-0.25, -0.2) is 0 Å². The minimum Gasteiger partial charge on any atom is -0.378 e. The Morgan fingerprint density at radius 1 is 1.31 bits per heavy atom. The summed E-state index contributed by atoms with van der Waals surface area (Å²) in [5.41, 5.74) is 0. The lowest BCUT2D eigenvalue weighted by Crippen LogP contribution is -2.43. The molecule has 0 radical (unpaired) electrons. The van der Waals surface area contributed by atoms with Gasteiger partial charge in [-0.3, -0.25) is 0 Å². The Balaban J connectivity index is 1.60. The van der Waals surface area contributed by atoms with E-state index >= 15 is 0 Å². The summed E-state index contributed by atoms with van der Waals surface area (Å²) >= 11 is 2.15. The maximum Gasteiger partial charge on any atom is 0.0628 e. The average Bonchev–Trinajstić information content (AvgIpc) is 2.69. The molecule has 2 fully saturated rings. The second kappa shape index (κ2) is 5.23. The topological polar surface area (TPSA) is 21.3 Å². The van der Waals surface area contributed by atoms with Gasteiger partial charge < -0.3 is 10.1 Å². The van der Waals surface area contributed by atoms with Gasteiger partial charge in [0.25, 0.3) is 0 Å². The van der Waals surface area contributed by atoms with Gasteiger partial charge in [-0.05, 0) is 12.8 Å². The molecule has 1 atom stereocenters. The Morgan fingerprint density at radius 2 is 2.15 bits per heavy atom. The minimum atomic E-state index is 0.611. The number of ether oxygens (including phenoxy) is 1. The van der Waals surface area contributed by atoms with E-state index in [4.69, 9.17) is 4.74 Å². The van der Waals surface area contributed by atoms with E-state index in [9.17, 15) is 0 Å². The van der Waals surface area contributed by atoms with Gasteiger partial charge in [-0.15, -0.1) is 0 Å². The van der Waals surface area contributed by atoms with Crippen molar-refractivity contribution in [3.63, 3.8) is 0 Å². The van der Waals surface area contributed by atoms with E-state index in [-0.39, 0.29) is 0 Å². The monoisotopic (exact) mass is 201 g/mol. The van der Waals surface area contributed by atoms with Gasteiger partial charge in [0, 0.05) is 23.6 Å². The number of hydrogen-bond donors (Lipinski definition) is 1. The zero-order valence-electron chi connectivity index (χ0n) is 8.13.